The number of carbonyl (C=O) groups excluding carboxylic acids is 2. The second kappa shape index (κ2) is 9.05. The number of rotatable bonds is 6. The van der Waals surface area contributed by atoms with E-state index in [0.29, 0.717) is 17.8 Å². The Morgan fingerprint density at radius 1 is 0.733 bits per heavy atom. The van der Waals surface area contributed by atoms with Crippen LogP contribution in [-0.4, -0.2) is 11.8 Å². The van der Waals surface area contributed by atoms with Gasteiger partial charge in [-0.25, -0.2) is 0 Å². The molecule has 148 valence electrons. The summed E-state index contributed by atoms with van der Waals surface area (Å²) in [5.41, 5.74) is 5.31. The number of benzene rings is 2. The number of anilines is 1. The standard InChI is InChI=1S/C26H22N2O2/c29-25(17-21-15-14-20-10-5-2-6-13-24(20)21)28-23-12-7-11-22(16-23)26(30)27-18-19-8-3-1-4-9-19/h1-16H,17-18H2,(H,27,30)(H,28,29). The maximum absolute atomic E-state index is 12.6. The van der Waals surface area contributed by atoms with Crippen LogP contribution in [0.15, 0.2) is 97.1 Å². The van der Waals surface area contributed by atoms with Gasteiger partial charge in [-0.2, -0.15) is 0 Å². The second-order valence-corrected chi connectivity index (χ2v) is 7.11. The van der Waals surface area contributed by atoms with E-state index in [1.165, 1.54) is 0 Å². The van der Waals surface area contributed by atoms with Gasteiger partial charge in [-0.3, -0.25) is 9.59 Å². The third-order valence-electron chi connectivity index (χ3n) is 4.94. The van der Waals surface area contributed by atoms with E-state index < -0.39 is 0 Å². The fourth-order valence-corrected chi connectivity index (χ4v) is 3.43. The van der Waals surface area contributed by atoms with Gasteiger partial charge in [0.2, 0.25) is 5.91 Å². The van der Waals surface area contributed by atoms with Crippen molar-refractivity contribution in [2.75, 3.05) is 5.32 Å². The summed E-state index contributed by atoms with van der Waals surface area (Å²) >= 11 is 0. The molecule has 0 heterocycles. The fourth-order valence-electron chi connectivity index (χ4n) is 3.43. The van der Waals surface area contributed by atoms with E-state index in [4.69, 9.17) is 0 Å². The number of nitrogens with one attached hydrogen (secondary N) is 2. The Bertz CT molecular complexity index is 1140. The molecule has 2 amide bonds. The van der Waals surface area contributed by atoms with E-state index in [-0.39, 0.29) is 18.2 Å². The van der Waals surface area contributed by atoms with Crippen molar-refractivity contribution in [2.24, 2.45) is 0 Å². The van der Waals surface area contributed by atoms with E-state index in [1.54, 1.807) is 24.3 Å². The van der Waals surface area contributed by atoms with Gasteiger partial charge < -0.3 is 10.6 Å². The van der Waals surface area contributed by atoms with Gasteiger partial charge in [0.05, 0.1) is 6.42 Å². The van der Waals surface area contributed by atoms with Crippen molar-refractivity contribution in [3.8, 4) is 11.1 Å². The smallest absolute Gasteiger partial charge is 0.251 e. The van der Waals surface area contributed by atoms with E-state index >= 15 is 0 Å². The van der Waals surface area contributed by atoms with Crippen LogP contribution in [0.1, 0.15) is 21.5 Å². The molecular weight excluding hydrogens is 372 g/mol. The molecule has 4 rings (SSSR count). The lowest BCUT2D eigenvalue weighted by Gasteiger charge is -2.09. The molecule has 2 aliphatic carbocycles. The summed E-state index contributed by atoms with van der Waals surface area (Å²) < 4.78 is 0. The zero-order chi connectivity index (χ0) is 20.8. The SMILES string of the molecule is O=C(Cc1ccc2cccccc1-2)Nc1cccc(C(=O)NCc2ccccc2)c1. The number of fused-ring (bicyclic) bond motifs is 1. The summed E-state index contributed by atoms with van der Waals surface area (Å²) in [4.78, 5) is 25.0. The Hall–Kier alpha value is -3.92. The van der Waals surface area contributed by atoms with Gasteiger partial charge >= 0.3 is 0 Å². The Morgan fingerprint density at radius 2 is 1.50 bits per heavy atom. The first-order chi connectivity index (χ1) is 14.7. The third-order valence-corrected chi connectivity index (χ3v) is 4.94. The van der Waals surface area contributed by atoms with Gasteiger partial charge in [-0.05, 0) is 40.5 Å². The van der Waals surface area contributed by atoms with Crippen LogP contribution in [0.3, 0.4) is 0 Å². The zero-order valence-electron chi connectivity index (χ0n) is 16.5. The van der Waals surface area contributed by atoms with E-state index in [2.05, 4.69) is 10.6 Å². The lowest BCUT2D eigenvalue weighted by atomic mass is 10.1. The molecule has 0 aliphatic heterocycles. The molecule has 4 heteroatoms. The Kier molecular flexibility index (Phi) is 5.85. The van der Waals surface area contributed by atoms with Crippen molar-refractivity contribution >= 4 is 17.5 Å². The molecule has 0 bridgehead atoms. The first-order valence-electron chi connectivity index (χ1n) is 9.88. The average molecular weight is 394 g/mol. The lowest BCUT2D eigenvalue weighted by Crippen LogP contribution is -2.23. The predicted octanol–water partition coefficient (Wildman–Crippen LogP) is 4.90. The van der Waals surface area contributed by atoms with Crippen molar-refractivity contribution in [1.82, 2.24) is 5.32 Å². The van der Waals surface area contributed by atoms with Crippen molar-refractivity contribution < 1.29 is 9.59 Å². The summed E-state index contributed by atoms with van der Waals surface area (Å²) in [7, 11) is 0. The second-order valence-electron chi connectivity index (χ2n) is 7.11. The zero-order valence-corrected chi connectivity index (χ0v) is 16.5. The van der Waals surface area contributed by atoms with Gasteiger partial charge in [-0.1, -0.05) is 78.9 Å². The topological polar surface area (TPSA) is 58.2 Å². The van der Waals surface area contributed by atoms with Gasteiger partial charge in [0.25, 0.3) is 5.91 Å². The number of carbonyl (C=O) groups is 2. The fraction of sp³-hybridized carbons (Fsp3) is 0.0769. The molecule has 0 unspecified atom stereocenters. The summed E-state index contributed by atoms with van der Waals surface area (Å²) in [6.45, 7) is 0.456. The Balaban J connectivity index is 1.39. The van der Waals surface area contributed by atoms with Gasteiger partial charge in [-0.15, -0.1) is 0 Å². The van der Waals surface area contributed by atoms with Crippen LogP contribution < -0.4 is 10.6 Å². The first kappa shape index (κ1) is 19.4. The molecule has 0 radical (unpaired) electrons. The molecule has 0 spiro atoms. The molecular formula is C26H22N2O2. The Morgan fingerprint density at radius 3 is 2.33 bits per heavy atom. The molecule has 2 aromatic carbocycles. The van der Waals surface area contributed by atoms with E-state index in [9.17, 15) is 9.59 Å². The van der Waals surface area contributed by atoms with Crippen LogP contribution in [0, 0.1) is 0 Å². The highest BCUT2D eigenvalue weighted by Gasteiger charge is 2.13. The quantitative estimate of drug-likeness (QED) is 0.489. The van der Waals surface area contributed by atoms with Crippen molar-refractivity contribution in [1.29, 1.82) is 0 Å². The summed E-state index contributed by atoms with van der Waals surface area (Å²) in [6.07, 6.45) is 0.276. The van der Waals surface area contributed by atoms with Crippen molar-refractivity contribution in [2.45, 2.75) is 13.0 Å². The minimum atomic E-state index is -0.176. The van der Waals surface area contributed by atoms with E-state index in [1.807, 2.05) is 72.8 Å². The van der Waals surface area contributed by atoms with Gasteiger partial charge in [0.1, 0.15) is 0 Å². The van der Waals surface area contributed by atoms with Crippen LogP contribution in [0.5, 0.6) is 0 Å². The summed E-state index contributed by atoms with van der Waals surface area (Å²) in [5.74, 6) is -0.291. The largest absolute Gasteiger partial charge is 0.348 e. The van der Waals surface area contributed by atoms with Crippen LogP contribution >= 0.6 is 0 Å². The normalized spacial score (nSPS) is 10.5. The third kappa shape index (κ3) is 4.73. The van der Waals surface area contributed by atoms with Crippen molar-refractivity contribution in [3.63, 3.8) is 0 Å². The lowest BCUT2D eigenvalue weighted by molar-refractivity contribution is -0.115. The molecule has 30 heavy (non-hydrogen) atoms. The molecule has 0 saturated heterocycles. The van der Waals surface area contributed by atoms with Crippen LogP contribution in [0.2, 0.25) is 0 Å². The van der Waals surface area contributed by atoms with Crippen LogP contribution in [0.25, 0.3) is 11.1 Å². The minimum absolute atomic E-state index is 0.115. The summed E-state index contributed by atoms with van der Waals surface area (Å²) in [5, 5.41) is 5.81. The average Bonchev–Trinajstić information content (AvgIpc) is 2.98. The predicted molar refractivity (Wildman–Crippen MR) is 119 cm³/mol. The minimum Gasteiger partial charge on any atom is -0.348 e. The number of hydrogen-bond donors (Lipinski definition) is 2. The van der Waals surface area contributed by atoms with Crippen molar-refractivity contribution in [3.05, 3.63) is 114 Å². The highest BCUT2D eigenvalue weighted by atomic mass is 16.2. The number of amides is 2. The summed E-state index contributed by atoms with van der Waals surface area (Å²) in [6, 6.07) is 30.7. The van der Waals surface area contributed by atoms with Gasteiger partial charge in [0, 0.05) is 17.8 Å². The maximum Gasteiger partial charge on any atom is 0.251 e. The molecule has 0 fully saturated rings. The van der Waals surface area contributed by atoms with Gasteiger partial charge in [0.15, 0.2) is 0 Å². The van der Waals surface area contributed by atoms with Crippen LogP contribution in [0.4, 0.5) is 5.69 Å². The molecule has 2 aliphatic rings. The monoisotopic (exact) mass is 394 g/mol. The Labute approximate surface area is 175 Å². The van der Waals surface area contributed by atoms with Crippen LogP contribution in [-0.2, 0) is 17.8 Å². The number of hydrogen-bond acceptors (Lipinski definition) is 2. The molecule has 2 aromatic rings. The maximum atomic E-state index is 12.6. The highest BCUT2D eigenvalue weighted by molar-refractivity contribution is 5.98. The molecule has 2 N–H and O–H groups in total. The molecule has 4 nitrogen and oxygen atoms in total. The highest BCUT2D eigenvalue weighted by Crippen LogP contribution is 2.27. The van der Waals surface area contributed by atoms with E-state index in [0.717, 1.165) is 22.3 Å². The molecule has 0 saturated carbocycles. The molecule has 0 aromatic heterocycles. The first-order valence-corrected chi connectivity index (χ1v) is 9.88. The molecule has 0 atom stereocenters.